The van der Waals surface area contributed by atoms with Gasteiger partial charge in [-0.25, -0.2) is 19.9 Å². The van der Waals surface area contributed by atoms with E-state index in [0.29, 0.717) is 18.0 Å². The second kappa shape index (κ2) is 4.30. The molecule has 0 aliphatic rings. The van der Waals surface area contributed by atoms with Gasteiger partial charge in [0.1, 0.15) is 17.7 Å². The number of aromatic nitrogens is 6. The van der Waals surface area contributed by atoms with Gasteiger partial charge in [0.15, 0.2) is 11.5 Å². The molecule has 3 aromatic heterocycles. The van der Waals surface area contributed by atoms with Crippen LogP contribution in [0.1, 0.15) is 5.82 Å². The normalized spacial score (nSPS) is 11.2. The second-order valence-corrected chi connectivity index (χ2v) is 4.38. The van der Waals surface area contributed by atoms with Gasteiger partial charge in [0.2, 0.25) is 0 Å². The number of rotatable bonds is 3. The van der Waals surface area contributed by atoms with E-state index in [1.165, 1.54) is 6.33 Å². The largest absolute Gasteiger partial charge is 0.361 e. The molecule has 98 valence electrons. The van der Waals surface area contributed by atoms with E-state index in [-0.39, 0.29) is 0 Å². The number of imidazole rings is 2. The number of anilines is 1. The van der Waals surface area contributed by atoms with Crippen molar-refractivity contribution in [2.24, 2.45) is 0 Å². The van der Waals surface area contributed by atoms with Gasteiger partial charge in [0.25, 0.3) is 0 Å². The quantitative estimate of drug-likeness (QED) is 0.525. The van der Waals surface area contributed by atoms with E-state index in [9.17, 15) is 0 Å². The Balaban J connectivity index is 1.62. The van der Waals surface area contributed by atoms with Crippen molar-refractivity contribution in [2.45, 2.75) is 6.54 Å². The zero-order chi connectivity index (χ0) is 13.4. The fourth-order valence-corrected chi connectivity index (χ4v) is 2.15. The van der Waals surface area contributed by atoms with Crippen molar-refractivity contribution in [1.29, 1.82) is 0 Å². The average molecular weight is 265 g/mol. The Kier molecular flexibility index (Phi) is 2.35. The highest BCUT2D eigenvalue weighted by Gasteiger charge is 2.07. The third kappa shape index (κ3) is 1.76. The Labute approximate surface area is 113 Å². The van der Waals surface area contributed by atoms with Crippen LogP contribution in [0, 0.1) is 0 Å². The molecule has 0 radical (unpaired) electrons. The minimum Gasteiger partial charge on any atom is -0.361 e. The van der Waals surface area contributed by atoms with Gasteiger partial charge >= 0.3 is 0 Å². The number of nitrogens with zero attached hydrogens (tertiary/aromatic N) is 4. The lowest BCUT2D eigenvalue weighted by molar-refractivity contribution is 0.996. The molecular weight excluding hydrogens is 254 g/mol. The number of benzene rings is 1. The molecule has 3 heterocycles. The number of hydrogen-bond donors (Lipinski definition) is 3. The van der Waals surface area contributed by atoms with Crippen molar-refractivity contribution in [3.63, 3.8) is 0 Å². The fraction of sp³-hybridized carbons (Fsp3) is 0.0769. The minimum atomic E-state index is 0.549. The van der Waals surface area contributed by atoms with Gasteiger partial charge in [-0.15, -0.1) is 0 Å². The van der Waals surface area contributed by atoms with Crippen LogP contribution in [0.25, 0.3) is 22.2 Å². The molecule has 0 spiro atoms. The summed E-state index contributed by atoms with van der Waals surface area (Å²) >= 11 is 0. The summed E-state index contributed by atoms with van der Waals surface area (Å²) in [6.45, 7) is 0.549. The number of aromatic amines is 2. The Morgan fingerprint density at radius 1 is 1.10 bits per heavy atom. The van der Waals surface area contributed by atoms with Gasteiger partial charge in [-0.1, -0.05) is 12.1 Å². The topological polar surface area (TPSA) is 95.2 Å². The summed E-state index contributed by atoms with van der Waals surface area (Å²) in [5.74, 6) is 1.55. The first-order valence-electron chi connectivity index (χ1n) is 6.22. The molecule has 1 aromatic carbocycles. The molecule has 3 N–H and O–H groups in total. The predicted molar refractivity (Wildman–Crippen MR) is 75.1 cm³/mol. The first-order valence-corrected chi connectivity index (χ1v) is 6.22. The van der Waals surface area contributed by atoms with Crippen LogP contribution in [0.4, 0.5) is 5.82 Å². The zero-order valence-corrected chi connectivity index (χ0v) is 10.5. The molecule has 7 heteroatoms. The maximum atomic E-state index is 4.51. The first kappa shape index (κ1) is 10.9. The van der Waals surface area contributed by atoms with Crippen LogP contribution in [-0.2, 0) is 6.54 Å². The smallest absolute Gasteiger partial charge is 0.162 e. The van der Waals surface area contributed by atoms with Crippen molar-refractivity contribution in [3.05, 3.63) is 42.7 Å². The minimum absolute atomic E-state index is 0.549. The van der Waals surface area contributed by atoms with Crippen molar-refractivity contribution >= 4 is 28.0 Å². The molecule has 4 rings (SSSR count). The van der Waals surface area contributed by atoms with Gasteiger partial charge in [-0.3, -0.25) is 0 Å². The summed E-state index contributed by atoms with van der Waals surface area (Å²) in [5.41, 5.74) is 3.42. The SMILES string of the molecule is c1ccc2[nH]c(CNc3ncnc4[nH]cnc34)nc2c1. The van der Waals surface area contributed by atoms with Crippen LogP contribution in [-0.4, -0.2) is 29.9 Å². The maximum absolute atomic E-state index is 4.51. The van der Waals surface area contributed by atoms with Crippen molar-refractivity contribution in [3.8, 4) is 0 Å². The summed E-state index contributed by atoms with van der Waals surface area (Å²) in [4.78, 5) is 23.2. The Hall–Kier alpha value is -2.96. The highest BCUT2D eigenvalue weighted by atomic mass is 15.1. The highest BCUT2D eigenvalue weighted by Crippen LogP contribution is 2.16. The number of para-hydroxylation sites is 2. The number of nitrogens with one attached hydrogen (secondary N) is 3. The molecule has 0 unspecified atom stereocenters. The maximum Gasteiger partial charge on any atom is 0.162 e. The molecule has 4 aromatic rings. The lowest BCUT2D eigenvalue weighted by Crippen LogP contribution is -2.03. The van der Waals surface area contributed by atoms with Gasteiger partial charge in [0.05, 0.1) is 23.9 Å². The summed E-state index contributed by atoms with van der Waals surface area (Å²) < 4.78 is 0. The molecule has 0 saturated heterocycles. The van der Waals surface area contributed by atoms with E-state index >= 15 is 0 Å². The van der Waals surface area contributed by atoms with Gasteiger partial charge < -0.3 is 15.3 Å². The van der Waals surface area contributed by atoms with Crippen LogP contribution < -0.4 is 5.32 Å². The van der Waals surface area contributed by atoms with Gasteiger partial charge in [-0.05, 0) is 12.1 Å². The van der Waals surface area contributed by atoms with Gasteiger partial charge in [0, 0.05) is 0 Å². The van der Waals surface area contributed by atoms with Crippen molar-refractivity contribution in [1.82, 2.24) is 29.9 Å². The Bertz CT molecular complexity index is 843. The third-order valence-electron chi connectivity index (χ3n) is 3.08. The second-order valence-electron chi connectivity index (χ2n) is 4.38. The Morgan fingerprint density at radius 2 is 2.05 bits per heavy atom. The average Bonchev–Trinajstić information content (AvgIpc) is 3.11. The van der Waals surface area contributed by atoms with E-state index in [2.05, 4.69) is 35.2 Å². The molecule has 0 atom stereocenters. The third-order valence-corrected chi connectivity index (χ3v) is 3.08. The van der Waals surface area contributed by atoms with Crippen LogP contribution >= 0.6 is 0 Å². The van der Waals surface area contributed by atoms with Crippen molar-refractivity contribution < 1.29 is 0 Å². The number of hydrogen-bond acceptors (Lipinski definition) is 5. The molecule has 0 saturated carbocycles. The lowest BCUT2D eigenvalue weighted by Gasteiger charge is -2.02. The molecular formula is C13H11N7. The van der Waals surface area contributed by atoms with Gasteiger partial charge in [-0.2, -0.15) is 0 Å². The molecule has 0 fully saturated rings. The van der Waals surface area contributed by atoms with E-state index in [1.807, 2.05) is 24.3 Å². The number of H-pyrrole nitrogens is 2. The van der Waals surface area contributed by atoms with Crippen molar-refractivity contribution in [2.75, 3.05) is 5.32 Å². The monoisotopic (exact) mass is 265 g/mol. The van der Waals surface area contributed by atoms with Crippen LogP contribution in [0.3, 0.4) is 0 Å². The van der Waals surface area contributed by atoms with E-state index < -0.39 is 0 Å². The molecule has 7 nitrogen and oxygen atoms in total. The van der Waals surface area contributed by atoms with Crippen LogP contribution in [0.5, 0.6) is 0 Å². The van der Waals surface area contributed by atoms with E-state index in [0.717, 1.165) is 22.4 Å². The number of fused-ring (bicyclic) bond motifs is 2. The standard InChI is InChI=1S/C13H11N7/c1-2-4-9-8(3-1)19-10(20-9)5-14-12-11-13(16-6-15-11)18-7-17-12/h1-4,6-7H,5H2,(H,19,20)(H2,14,15,16,17,18). The van der Waals surface area contributed by atoms with Crippen LogP contribution in [0.15, 0.2) is 36.9 Å². The molecule has 0 bridgehead atoms. The predicted octanol–water partition coefficient (Wildman–Crippen LogP) is 1.84. The summed E-state index contributed by atoms with van der Waals surface area (Å²) in [5, 5.41) is 3.22. The molecule has 20 heavy (non-hydrogen) atoms. The summed E-state index contributed by atoms with van der Waals surface area (Å²) in [6.07, 6.45) is 3.10. The molecule has 0 aliphatic carbocycles. The first-order chi connectivity index (χ1) is 9.90. The summed E-state index contributed by atoms with van der Waals surface area (Å²) in [7, 11) is 0. The molecule has 0 amide bonds. The highest BCUT2D eigenvalue weighted by molar-refractivity contribution is 5.82. The zero-order valence-electron chi connectivity index (χ0n) is 10.5. The molecule has 0 aliphatic heterocycles. The fourth-order valence-electron chi connectivity index (χ4n) is 2.15. The van der Waals surface area contributed by atoms with Crippen LogP contribution in [0.2, 0.25) is 0 Å². The lowest BCUT2D eigenvalue weighted by atomic mass is 10.3. The van der Waals surface area contributed by atoms with E-state index in [4.69, 9.17) is 0 Å². The Morgan fingerprint density at radius 3 is 3.00 bits per heavy atom. The summed E-state index contributed by atoms with van der Waals surface area (Å²) in [6, 6.07) is 7.93. The van der Waals surface area contributed by atoms with E-state index in [1.54, 1.807) is 6.33 Å².